The standard InChI is InChI=1S/C28H25ClN2O7/c1-3-36-25-16-18(7-12-24(25)38-14-13-37-22-6-4-5-21(17-22)35-2)15-23-26(32)30-28(34)31(27(23)33)20-10-8-19(29)9-11-20/h4-12,15-17H,3,13-14H2,1-2H3,(H,30,32,34)/b23-15-. The summed E-state index contributed by atoms with van der Waals surface area (Å²) in [6, 6.07) is 17.6. The van der Waals surface area contributed by atoms with Gasteiger partial charge in [0.05, 0.1) is 19.4 Å². The van der Waals surface area contributed by atoms with Crippen molar-refractivity contribution in [1.82, 2.24) is 5.32 Å². The average molecular weight is 537 g/mol. The molecule has 0 aromatic heterocycles. The first-order valence-corrected chi connectivity index (χ1v) is 12.1. The van der Waals surface area contributed by atoms with Gasteiger partial charge in [-0.1, -0.05) is 23.7 Å². The molecular formula is C28H25ClN2O7. The Hall–Kier alpha value is -4.50. The number of carbonyl (C=O) groups excluding carboxylic acids is 3. The SMILES string of the molecule is CCOc1cc(/C=C2/C(=O)NC(=O)N(c3ccc(Cl)cc3)C2=O)ccc1OCCOc1cccc(OC)c1. The molecule has 10 heteroatoms. The summed E-state index contributed by atoms with van der Waals surface area (Å²) in [5.41, 5.74) is 0.588. The van der Waals surface area contributed by atoms with Gasteiger partial charge >= 0.3 is 6.03 Å². The molecule has 1 aliphatic heterocycles. The van der Waals surface area contributed by atoms with Crippen LogP contribution in [-0.2, 0) is 9.59 Å². The van der Waals surface area contributed by atoms with Gasteiger partial charge in [0, 0.05) is 11.1 Å². The molecule has 4 amide bonds. The fraction of sp³-hybridized carbons (Fsp3) is 0.179. The molecule has 3 aromatic carbocycles. The quantitative estimate of drug-likeness (QED) is 0.224. The van der Waals surface area contributed by atoms with E-state index in [0.717, 1.165) is 4.90 Å². The van der Waals surface area contributed by atoms with Gasteiger partial charge in [-0.2, -0.15) is 0 Å². The Morgan fingerprint density at radius 3 is 2.34 bits per heavy atom. The van der Waals surface area contributed by atoms with E-state index in [9.17, 15) is 14.4 Å². The van der Waals surface area contributed by atoms with E-state index in [1.807, 2.05) is 25.1 Å². The van der Waals surface area contributed by atoms with Gasteiger partial charge < -0.3 is 18.9 Å². The fourth-order valence-corrected chi connectivity index (χ4v) is 3.78. The molecular weight excluding hydrogens is 512 g/mol. The minimum absolute atomic E-state index is 0.206. The predicted octanol–water partition coefficient (Wildman–Crippen LogP) is 4.87. The zero-order valence-corrected chi connectivity index (χ0v) is 21.5. The first kappa shape index (κ1) is 26.6. The lowest BCUT2D eigenvalue weighted by Gasteiger charge is -2.26. The molecule has 0 atom stereocenters. The summed E-state index contributed by atoms with van der Waals surface area (Å²) in [4.78, 5) is 38.9. The zero-order chi connectivity index (χ0) is 27.1. The molecule has 196 valence electrons. The number of amides is 4. The average Bonchev–Trinajstić information content (AvgIpc) is 2.91. The Balaban J connectivity index is 1.49. The van der Waals surface area contributed by atoms with Gasteiger partial charge in [0.2, 0.25) is 0 Å². The molecule has 1 heterocycles. The smallest absolute Gasteiger partial charge is 0.335 e. The lowest BCUT2D eigenvalue weighted by atomic mass is 10.1. The largest absolute Gasteiger partial charge is 0.497 e. The molecule has 4 rings (SSSR count). The second-order valence-electron chi connectivity index (χ2n) is 7.95. The number of ether oxygens (including phenoxy) is 4. The van der Waals surface area contributed by atoms with Crippen LogP contribution in [0.15, 0.2) is 72.3 Å². The van der Waals surface area contributed by atoms with Crippen molar-refractivity contribution >= 4 is 41.2 Å². The summed E-state index contributed by atoms with van der Waals surface area (Å²) >= 11 is 5.91. The van der Waals surface area contributed by atoms with E-state index < -0.39 is 17.8 Å². The molecule has 9 nitrogen and oxygen atoms in total. The molecule has 3 aromatic rings. The Morgan fingerprint density at radius 1 is 0.868 bits per heavy atom. The van der Waals surface area contributed by atoms with Crippen LogP contribution in [0.5, 0.6) is 23.0 Å². The number of carbonyl (C=O) groups is 3. The number of halogens is 1. The number of methoxy groups -OCH3 is 1. The highest BCUT2D eigenvalue weighted by Crippen LogP contribution is 2.30. The second kappa shape index (κ2) is 12.2. The molecule has 1 aliphatic rings. The summed E-state index contributed by atoms with van der Waals surface area (Å²) in [5.74, 6) is 0.699. The maximum Gasteiger partial charge on any atom is 0.335 e. The normalized spacial score (nSPS) is 14.3. The van der Waals surface area contributed by atoms with Gasteiger partial charge in [0.25, 0.3) is 11.8 Å². The lowest BCUT2D eigenvalue weighted by molar-refractivity contribution is -0.122. The number of urea groups is 1. The van der Waals surface area contributed by atoms with Crippen molar-refractivity contribution in [2.24, 2.45) is 0 Å². The number of imide groups is 2. The molecule has 1 saturated heterocycles. The molecule has 0 spiro atoms. The predicted molar refractivity (Wildman–Crippen MR) is 142 cm³/mol. The van der Waals surface area contributed by atoms with E-state index in [1.165, 1.54) is 18.2 Å². The van der Waals surface area contributed by atoms with Crippen LogP contribution in [0.1, 0.15) is 12.5 Å². The van der Waals surface area contributed by atoms with Crippen LogP contribution in [0.25, 0.3) is 6.08 Å². The van der Waals surface area contributed by atoms with E-state index in [2.05, 4.69) is 5.32 Å². The van der Waals surface area contributed by atoms with Gasteiger partial charge in [0.15, 0.2) is 11.5 Å². The van der Waals surface area contributed by atoms with Crippen LogP contribution in [0, 0.1) is 0 Å². The fourth-order valence-electron chi connectivity index (χ4n) is 3.65. The van der Waals surface area contributed by atoms with E-state index in [4.69, 9.17) is 30.5 Å². The Bertz CT molecular complexity index is 1370. The number of anilines is 1. The third kappa shape index (κ3) is 6.24. The zero-order valence-electron chi connectivity index (χ0n) is 20.7. The molecule has 1 N–H and O–H groups in total. The Morgan fingerprint density at radius 2 is 1.61 bits per heavy atom. The van der Waals surface area contributed by atoms with Crippen molar-refractivity contribution in [2.75, 3.05) is 31.8 Å². The highest BCUT2D eigenvalue weighted by molar-refractivity contribution is 6.39. The second-order valence-corrected chi connectivity index (χ2v) is 8.39. The number of hydrogen-bond acceptors (Lipinski definition) is 7. The number of hydrogen-bond donors (Lipinski definition) is 1. The van der Waals surface area contributed by atoms with Gasteiger partial charge in [0.1, 0.15) is 30.3 Å². The van der Waals surface area contributed by atoms with Crippen LogP contribution in [0.2, 0.25) is 5.02 Å². The highest BCUT2D eigenvalue weighted by Gasteiger charge is 2.36. The van der Waals surface area contributed by atoms with Gasteiger partial charge in [-0.15, -0.1) is 0 Å². The molecule has 0 bridgehead atoms. The van der Waals surface area contributed by atoms with E-state index in [-0.39, 0.29) is 24.5 Å². The van der Waals surface area contributed by atoms with Crippen LogP contribution < -0.4 is 29.2 Å². The van der Waals surface area contributed by atoms with Crippen molar-refractivity contribution < 1.29 is 33.3 Å². The van der Waals surface area contributed by atoms with Crippen molar-refractivity contribution in [1.29, 1.82) is 0 Å². The Labute approximate surface area is 224 Å². The Kier molecular flexibility index (Phi) is 8.50. The van der Waals surface area contributed by atoms with Crippen LogP contribution in [0.3, 0.4) is 0 Å². The third-order valence-electron chi connectivity index (χ3n) is 5.42. The van der Waals surface area contributed by atoms with Gasteiger partial charge in [-0.05, 0) is 67.1 Å². The van der Waals surface area contributed by atoms with Crippen LogP contribution in [-0.4, -0.2) is 44.8 Å². The summed E-state index contributed by atoms with van der Waals surface area (Å²) < 4.78 is 22.4. The van der Waals surface area contributed by atoms with Gasteiger partial charge in [-0.3, -0.25) is 14.9 Å². The third-order valence-corrected chi connectivity index (χ3v) is 5.67. The van der Waals surface area contributed by atoms with E-state index in [1.54, 1.807) is 43.5 Å². The molecule has 38 heavy (non-hydrogen) atoms. The maximum atomic E-state index is 13.1. The molecule has 1 fully saturated rings. The first-order valence-electron chi connectivity index (χ1n) is 11.7. The van der Waals surface area contributed by atoms with Crippen molar-refractivity contribution in [3.8, 4) is 23.0 Å². The molecule has 0 radical (unpaired) electrons. The number of nitrogens with zero attached hydrogens (tertiary/aromatic N) is 1. The van der Waals surface area contributed by atoms with Gasteiger partial charge in [-0.25, -0.2) is 9.69 Å². The van der Waals surface area contributed by atoms with E-state index in [0.29, 0.717) is 40.2 Å². The number of benzene rings is 3. The number of nitrogens with one attached hydrogen (secondary N) is 1. The first-order chi connectivity index (χ1) is 18.4. The van der Waals surface area contributed by atoms with Crippen LogP contribution in [0.4, 0.5) is 10.5 Å². The molecule has 0 aliphatic carbocycles. The summed E-state index contributed by atoms with van der Waals surface area (Å²) in [7, 11) is 1.59. The monoisotopic (exact) mass is 536 g/mol. The van der Waals surface area contributed by atoms with E-state index >= 15 is 0 Å². The molecule has 0 saturated carbocycles. The van der Waals surface area contributed by atoms with Crippen molar-refractivity contribution in [2.45, 2.75) is 6.92 Å². The highest BCUT2D eigenvalue weighted by atomic mass is 35.5. The minimum atomic E-state index is -0.839. The number of barbiturate groups is 1. The topological polar surface area (TPSA) is 103 Å². The lowest BCUT2D eigenvalue weighted by Crippen LogP contribution is -2.54. The van der Waals surface area contributed by atoms with Crippen LogP contribution >= 0.6 is 11.6 Å². The summed E-state index contributed by atoms with van der Waals surface area (Å²) in [6.45, 7) is 2.73. The van der Waals surface area contributed by atoms with Crippen molar-refractivity contribution in [3.63, 3.8) is 0 Å². The number of rotatable bonds is 10. The maximum absolute atomic E-state index is 13.1. The molecule has 0 unspecified atom stereocenters. The minimum Gasteiger partial charge on any atom is -0.497 e. The van der Waals surface area contributed by atoms with Crippen molar-refractivity contribution in [3.05, 3.63) is 82.9 Å². The summed E-state index contributed by atoms with van der Waals surface area (Å²) in [6.07, 6.45) is 1.39. The summed E-state index contributed by atoms with van der Waals surface area (Å²) in [5, 5.41) is 2.64.